The summed E-state index contributed by atoms with van der Waals surface area (Å²) in [5.74, 6) is 0.886. The molecule has 6 nitrogen and oxygen atoms in total. The minimum absolute atomic E-state index is 0.642. The molecule has 7 heteroatoms. The van der Waals surface area contributed by atoms with Gasteiger partial charge in [0.1, 0.15) is 12.1 Å². The van der Waals surface area contributed by atoms with Crippen molar-refractivity contribution >= 4 is 17.9 Å². The summed E-state index contributed by atoms with van der Waals surface area (Å²) in [6.07, 6.45) is 1.73. The largest absolute Gasteiger partial charge is 0.497 e. The van der Waals surface area contributed by atoms with Crippen molar-refractivity contribution < 1.29 is 4.74 Å². The standard InChI is InChI=1S/C13H17N5OS/c1-19-12-4-2-11(3-5-12)16-6-8-17(9-7-16)18-10-14-15-13(18)20/h2-5,10H,6-9H2,1H3,(H,15,20). The number of benzene rings is 1. The first-order valence-electron chi connectivity index (χ1n) is 6.54. The topological polar surface area (TPSA) is 49.3 Å². The van der Waals surface area contributed by atoms with E-state index in [0.717, 1.165) is 31.9 Å². The van der Waals surface area contributed by atoms with E-state index < -0.39 is 0 Å². The fraction of sp³-hybridized carbons (Fsp3) is 0.385. The Labute approximate surface area is 122 Å². The number of rotatable bonds is 3. The highest BCUT2D eigenvalue weighted by atomic mass is 32.1. The molecule has 0 bridgehead atoms. The van der Waals surface area contributed by atoms with E-state index >= 15 is 0 Å². The van der Waals surface area contributed by atoms with Crippen molar-refractivity contribution in [3.63, 3.8) is 0 Å². The smallest absolute Gasteiger partial charge is 0.214 e. The van der Waals surface area contributed by atoms with E-state index in [1.54, 1.807) is 13.4 Å². The van der Waals surface area contributed by atoms with E-state index in [0.29, 0.717) is 4.77 Å². The minimum Gasteiger partial charge on any atom is -0.497 e. The molecule has 1 N–H and O–H groups in total. The monoisotopic (exact) mass is 291 g/mol. The van der Waals surface area contributed by atoms with Crippen LogP contribution >= 0.6 is 12.2 Å². The third-order valence-corrected chi connectivity index (χ3v) is 3.81. The van der Waals surface area contributed by atoms with Crippen LogP contribution in [0.25, 0.3) is 0 Å². The summed E-state index contributed by atoms with van der Waals surface area (Å²) in [6.45, 7) is 3.75. The SMILES string of the molecule is COc1ccc(N2CCN(n3cn[nH]c3=S)CC2)cc1. The van der Waals surface area contributed by atoms with Gasteiger partial charge < -0.3 is 14.6 Å². The minimum atomic E-state index is 0.642. The van der Waals surface area contributed by atoms with Crippen molar-refractivity contribution in [2.24, 2.45) is 0 Å². The number of H-pyrrole nitrogens is 1. The van der Waals surface area contributed by atoms with E-state index in [9.17, 15) is 0 Å². The number of piperazine rings is 1. The first kappa shape index (κ1) is 13.0. The van der Waals surface area contributed by atoms with E-state index in [-0.39, 0.29) is 0 Å². The van der Waals surface area contributed by atoms with E-state index in [1.165, 1.54) is 5.69 Å². The number of aromatic amines is 1. The van der Waals surface area contributed by atoms with Crippen LogP contribution in [0.15, 0.2) is 30.6 Å². The molecule has 1 aliphatic rings. The second-order valence-electron chi connectivity index (χ2n) is 4.64. The highest BCUT2D eigenvalue weighted by Crippen LogP contribution is 2.20. The number of aromatic nitrogens is 3. The van der Waals surface area contributed by atoms with Crippen molar-refractivity contribution in [1.82, 2.24) is 14.9 Å². The van der Waals surface area contributed by atoms with Crippen LogP contribution in [0.4, 0.5) is 5.69 Å². The fourth-order valence-electron chi connectivity index (χ4n) is 2.41. The lowest BCUT2D eigenvalue weighted by atomic mass is 10.2. The Morgan fingerprint density at radius 1 is 1.15 bits per heavy atom. The number of nitrogens with one attached hydrogen (secondary N) is 1. The summed E-state index contributed by atoms with van der Waals surface area (Å²) >= 11 is 5.19. The zero-order chi connectivity index (χ0) is 13.9. The maximum absolute atomic E-state index is 5.19. The Hall–Kier alpha value is -2.02. The second-order valence-corrected chi connectivity index (χ2v) is 5.03. The zero-order valence-electron chi connectivity index (χ0n) is 11.3. The maximum Gasteiger partial charge on any atom is 0.214 e. The fourth-order valence-corrected chi connectivity index (χ4v) is 2.62. The molecule has 0 amide bonds. The van der Waals surface area contributed by atoms with Gasteiger partial charge in [-0.2, -0.15) is 5.10 Å². The molecule has 1 aromatic carbocycles. The molecule has 3 rings (SSSR count). The molecule has 20 heavy (non-hydrogen) atoms. The van der Waals surface area contributed by atoms with Crippen molar-refractivity contribution in [1.29, 1.82) is 0 Å². The lowest BCUT2D eigenvalue weighted by Crippen LogP contribution is -2.51. The Balaban J connectivity index is 1.66. The van der Waals surface area contributed by atoms with Crippen LogP contribution in [0.2, 0.25) is 0 Å². The number of nitrogens with zero attached hydrogens (tertiary/aromatic N) is 4. The Bertz CT molecular complexity index is 612. The molecular weight excluding hydrogens is 274 g/mol. The molecule has 1 aromatic heterocycles. The lowest BCUT2D eigenvalue weighted by molar-refractivity contribution is 0.414. The van der Waals surface area contributed by atoms with Gasteiger partial charge in [-0.25, -0.2) is 4.68 Å². The predicted octanol–water partition coefficient (Wildman–Crippen LogP) is 1.41. The van der Waals surface area contributed by atoms with E-state index in [2.05, 4.69) is 32.2 Å². The van der Waals surface area contributed by atoms with Gasteiger partial charge in [0.05, 0.1) is 20.2 Å². The molecule has 1 fully saturated rings. The van der Waals surface area contributed by atoms with Gasteiger partial charge >= 0.3 is 0 Å². The van der Waals surface area contributed by atoms with Crippen molar-refractivity contribution in [3.05, 3.63) is 35.4 Å². The van der Waals surface area contributed by atoms with Crippen molar-refractivity contribution in [3.8, 4) is 5.75 Å². The molecule has 0 unspecified atom stereocenters. The van der Waals surface area contributed by atoms with Crippen LogP contribution in [-0.4, -0.2) is 48.2 Å². The second kappa shape index (κ2) is 5.54. The number of hydrogen-bond acceptors (Lipinski definition) is 5. The summed E-state index contributed by atoms with van der Waals surface area (Å²) in [5.41, 5.74) is 1.22. The molecule has 1 aliphatic heterocycles. The van der Waals surface area contributed by atoms with Gasteiger partial charge in [0.15, 0.2) is 0 Å². The molecule has 0 spiro atoms. The summed E-state index contributed by atoms with van der Waals surface area (Å²) in [6, 6.07) is 8.18. The maximum atomic E-state index is 5.19. The summed E-state index contributed by atoms with van der Waals surface area (Å²) in [4.78, 5) is 2.36. The molecule has 106 valence electrons. The number of methoxy groups -OCH3 is 1. The highest BCUT2D eigenvalue weighted by Gasteiger charge is 2.18. The Morgan fingerprint density at radius 2 is 1.85 bits per heavy atom. The number of hydrogen-bond donors (Lipinski definition) is 1. The molecular formula is C13H17N5OS. The molecule has 1 saturated heterocycles. The quantitative estimate of drug-likeness (QED) is 0.867. The van der Waals surface area contributed by atoms with Crippen LogP contribution in [0.3, 0.4) is 0 Å². The number of ether oxygens (including phenoxy) is 1. The summed E-state index contributed by atoms with van der Waals surface area (Å²) in [7, 11) is 1.68. The lowest BCUT2D eigenvalue weighted by Gasteiger charge is -2.37. The average Bonchev–Trinajstić information content (AvgIpc) is 2.94. The van der Waals surface area contributed by atoms with Gasteiger partial charge in [-0.15, -0.1) is 0 Å². The van der Waals surface area contributed by atoms with Crippen LogP contribution in [0.5, 0.6) is 5.75 Å². The summed E-state index contributed by atoms with van der Waals surface area (Å²) < 4.78 is 7.73. The van der Waals surface area contributed by atoms with E-state index in [1.807, 2.05) is 16.8 Å². The third-order valence-electron chi connectivity index (χ3n) is 3.53. The van der Waals surface area contributed by atoms with Crippen LogP contribution in [0, 0.1) is 4.77 Å². The normalized spacial score (nSPS) is 15.4. The van der Waals surface area contributed by atoms with Crippen LogP contribution in [0.1, 0.15) is 0 Å². The van der Waals surface area contributed by atoms with Gasteiger partial charge in [0, 0.05) is 18.8 Å². The molecule has 0 aliphatic carbocycles. The van der Waals surface area contributed by atoms with Gasteiger partial charge in [0.2, 0.25) is 4.77 Å². The van der Waals surface area contributed by atoms with Gasteiger partial charge in [-0.05, 0) is 36.5 Å². The van der Waals surface area contributed by atoms with Gasteiger partial charge in [-0.1, -0.05) is 0 Å². The van der Waals surface area contributed by atoms with Gasteiger partial charge in [-0.3, -0.25) is 5.10 Å². The van der Waals surface area contributed by atoms with Crippen molar-refractivity contribution in [2.75, 3.05) is 43.2 Å². The Kier molecular flexibility index (Phi) is 3.60. The highest BCUT2D eigenvalue weighted by molar-refractivity contribution is 7.71. The Morgan fingerprint density at radius 3 is 2.40 bits per heavy atom. The number of anilines is 1. The summed E-state index contributed by atoms with van der Waals surface area (Å²) in [5, 5.41) is 8.94. The first-order valence-corrected chi connectivity index (χ1v) is 6.95. The first-order chi connectivity index (χ1) is 9.78. The van der Waals surface area contributed by atoms with Crippen LogP contribution < -0.4 is 14.6 Å². The molecule has 0 saturated carbocycles. The molecule has 2 heterocycles. The van der Waals surface area contributed by atoms with Crippen LogP contribution in [-0.2, 0) is 0 Å². The predicted molar refractivity (Wildman–Crippen MR) is 80.6 cm³/mol. The average molecular weight is 291 g/mol. The molecule has 2 aromatic rings. The zero-order valence-corrected chi connectivity index (χ0v) is 12.1. The third kappa shape index (κ3) is 2.49. The molecule has 0 atom stereocenters. The van der Waals surface area contributed by atoms with Gasteiger partial charge in [0.25, 0.3) is 0 Å². The van der Waals surface area contributed by atoms with Crippen molar-refractivity contribution in [2.45, 2.75) is 0 Å². The van der Waals surface area contributed by atoms with E-state index in [4.69, 9.17) is 17.0 Å². The molecule has 0 radical (unpaired) electrons.